The smallest absolute Gasteiger partial charge is 0.225 e. The molecule has 2 heterocycles. The minimum atomic E-state index is -0.203. The maximum absolute atomic E-state index is 11.7. The zero-order valence-electron chi connectivity index (χ0n) is 11.4. The zero-order valence-corrected chi connectivity index (χ0v) is 11.4. The lowest BCUT2D eigenvalue weighted by Crippen LogP contribution is -2.33. The summed E-state index contributed by atoms with van der Waals surface area (Å²) in [6.45, 7) is 2.70. The standard InChI is InChI=1S/C14H20N4O2/c19-13-7-12(10-18-13)14(20)17-6-2-5-16-9-11-3-1-4-15-8-11/h1,3-4,8,12,16H,2,5-7,9-10H2,(H,17,20)(H,18,19). The van der Waals surface area contributed by atoms with Crippen LogP contribution in [-0.2, 0) is 16.1 Å². The molecule has 0 saturated carbocycles. The van der Waals surface area contributed by atoms with Gasteiger partial charge < -0.3 is 16.0 Å². The van der Waals surface area contributed by atoms with E-state index in [4.69, 9.17) is 0 Å². The summed E-state index contributed by atoms with van der Waals surface area (Å²) in [7, 11) is 0. The molecule has 0 aromatic carbocycles. The number of hydrogen-bond donors (Lipinski definition) is 3. The van der Waals surface area contributed by atoms with Gasteiger partial charge >= 0.3 is 0 Å². The van der Waals surface area contributed by atoms with Gasteiger partial charge in [0.05, 0.1) is 5.92 Å². The molecule has 1 unspecified atom stereocenters. The molecular weight excluding hydrogens is 256 g/mol. The van der Waals surface area contributed by atoms with Crippen LogP contribution in [0.2, 0.25) is 0 Å². The van der Waals surface area contributed by atoms with E-state index in [1.807, 2.05) is 18.3 Å². The molecule has 0 spiro atoms. The monoisotopic (exact) mass is 276 g/mol. The summed E-state index contributed by atoms with van der Waals surface area (Å²) in [5.41, 5.74) is 1.15. The molecule has 2 amide bonds. The maximum atomic E-state index is 11.7. The fourth-order valence-corrected chi connectivity index (χ4v) is 2.10. The Morgan fingerprint density at radius 2 is 2.35 bits per heavy atom. The first-order valence-corrected chi connectivity index (χ1v) is 6.90. The first kappa shape index (κ1) is 14.5. The summed E-state index contributed by atoms with van der Waals surface area (Å²) in [5, 5.41) is 8.82. The summed E-state index contributed by atoms with van der Waals surface area (Å²) in [6, 6.07) is 3.93. The van der Waals surface area contributed by atoms with E-state index in [-0.39, 0.29) is 17.7 Å². The second-order valence-corrected chi connectivity index (χ2v) is 4.89. The number of nitrogens with zero attached hydrogens (tertiary/aromatic N) is 1. The van der Waals surface area contributed by atoms with E-state index in [0.29, 0.717) is 19.5 Å². The van der Waals surface area contributed by atoms with Gasteiger partial charge in [-0.25, -0.2) is 0 Å². The van der Waals surface area contributed by atoms with Gasteiger partial charge in [0.25, 0.3) is 0 Å². The van der Waals surface area contributed by atoms with Crippen LogP contribution in [0.3, 0.4) is 0 Å². The summed E-state index contributed by atoms with van der Waals surface area (Å²) < 4.78 is 0. The Morgan fingerprint density at radius 1 is 1.45 bits per heavy atom. The summed E-state index contributed by atoms with van der Waals surface area (Å²) in [6.07, 6.45) is 4.76. The molecule has 6 heteroatoms. The third-order valence-electron chi connectivity index (χ3n) is 3.23. The van der Waals surface area contributed by atoms with Crippen LogP contribution in [0, 0.1) is 5.92 Å². The molecule has 1 atom stereocenters. The van der Waals surface area contributed by atoms with E-state index in [0.717, 1.165) is 25.1 Å². The summed E-state index contributed by atoms with van der Waals surface area (Å²) >= 11 is 0. The second kappa shape index (κ2) is 7.59. The molecule has 1 aliphatic heterocycles. The Bertz CT molecular complexity index is 450. The molecule has 1 fully saturated rings. The van der Waals surface area contributed by atoms with Gasteiger partial charge in [-0.1, -0.05) is 6.07 Å². The third kappa shape index (κ3) is 4.62. The van der Waals surface area contributed by atoms with Crippen molar-refractivity contribution in [3.63, 3.8) is 0 Å². The lowest BCUT2D eigenvalue weighted by molar-refractivity contribution is -0.126. The number of carbonyl (C=O) groups is 2. The SMILES string of the molecule is O=C1CC(C(=O)NCCCNCc2cccnc2)CN1. The van der Waals surface area contributed by atoms with Gasteiger partial charge in [0.1, 0.15) is 0 Å². The van der Waals surface area contributed by atoms with Crippen molar-refractivity contribution in [2.45, 2.75) is 19.4 Å². The van der Waals surface area contributed by atoms with E-state index < -0.39 is 0 Å². The molecule has 1 aromatic rings. The first-order chi connectivity index (χ1) is 9.75. The van der Waals surface area contributed by atoms with Gasteiger partial charge in [0.2, 0.25) is 11.8 Å². The van der Waals surface area contributed by atoms with Crippen LogP contribution in [0.15, 0.2) is 24.5 Å². The van der Waals surface area contributed by atoms with Crippen LogP contribution in [0.5, 0.6) is 0 Å². The molecule has 108 valence electrons. The van der Waals surface area contributed by atoms with E-state index in [1.165, 1.54) is 0 Å². The number of pyridine rings is 1. The highest BCUT2D eigenvalue weighted by Crippen LogP contribution is 2.08. The second-order valence-electron chi connectivity index (χ2n) is 4.89. The Kier molecular flexibility index (Phi) is 5.49. The summed E-state index contributed by atoms with van der Waals surface area (Å²) in [4.78, 5) is 26.8. The third-order valence-corrected chi connectivity index (χ3v) is 3.23. The first-order valence-electron chi connectivity index (χ1n) is 6.90. The normalized spacial score (nSPS) is 17.8. The van der Waals surface area contributed by atoms with Crippen LogP contribution in [0.25, 0.3) is 0 Å². The van der Waals surface area contributed by atoms with Gasteiger partial charge in [-0.2, -0.15) is 0 Å². The molecule has 1 aliphatic rings. The van der Waals surface area contributed by atoms with Crippen molar-refractivity contribution in [2.24, 2.45) is 5.92 Å². The van der Waals surface area contributed by atoms with E-state index in [2.05, 4.69) is 20.9 Å². The van der Waals surface area contributed by atoms with E-state index in [9.17, 15) is 9.59 Å². The van der Waals surface area contributed by atoms with E-state index in [1.54, 1.807) is 6.20 Å². The van der Waals surface area contributed by atoms with Gasteiger partial charge in [0, 0.05) is 38.4 Å². The molecule has 6 nitrogen and oxygen atoms in total. The minimum Gasteiger partial charge on any atom is -0.356 e. The highest BCUT2D eigenvalue weighted by Gasteiger charge is 2.27. The number of rotatable bonds is 7. The van der Waals surface area contributed by atoms with Crippen LogP contribution in [0.1, 0.15) is 18.4 Å². The predicted molar refractivity (Wildman–Crippen MR) is 74.7 cm³/mol. The van der Waals surface area contributed by atoms with Crippen molar-refractivity contribution in [1.82, 2.24) is 20.9 Å². The molecule has 0 aliphatic carbocycles. The highest BCUT2D eigenvalue weighted by atomic mass is 16.2. The van der Waals surface area contributed by atoms with Crippen molar-refractivity contribution in [3.05, 3.63) is 30.1 Å². The highest BCUT2D eigenvalue weighted by molar-refractivity contribution is 5.89. The van der Waals surface area contributed by atoms with Crippen LogP contribution in [-0.4, -0.2) is 36.4 Å². The molecule has 2 rings (SSSR count). The van der Waals surface area contributed by atoms with Gasteiger partial charge in [-0.05, 0) is 24.6 Å². The molecule has 1 aromatic heterocycles. The Balaban J connectivity index is 1.51. The minimum absolute atomic E-state index is 0.0318. The maximum Gasteiger partial charge on any atom is 0.225 e. The van der Waals surface area contributed by atoms with Crippen LogP contribution >= 0.6 is 0 Å². The molecular formula is C14H20N4O2. The number of amides is 2. The Labute approximate surface area is 118 Å². The van der Waals surface area contributed by atoms with Crippen molar-refractivity contribution in [1.29, 1.82) is 0 Å². The summed E-state index contributed by atoms with van der Waals surface area (Å²) in [5.74, 6) is -0.273. The number of nitrogens with one attached hydrogen (secondary N) is 3. The van der Waals surface area contributed by atoms with Crippen LogP contribution in [0.4, 0.5) is 0 Å². The topological polar surface area (TPSA) is 83.1 Å². The largest absolute Gasteiger partial charge is 0.356 e. The van der Waals surface area contributed by atoms with Crippen molar-refractivity contribution >= 4 is 11.8 Å². The molecule has 0 bridgehead atoms. The average Bonchev–Trinajstić information content (AvgIpc) is 2.90. The molecule has 20 heavy (non-hydrogen) atoms. The van der Waals surface area contributed by atoms with Crippen molar-refractivity contribution in [2.75, 3.05) is 19.6 Å². The number of hydrogen-bond acceptors (Lipinski definition) is 4. The van der Waals surface area contributed by atoms with Gasteiger partial charge in [-0.15, -0.1) is 0 Å². The quantitative estimate of drug-likeness (QED) is 0.603. The van der Waals surface area contributed by atoms with Gasteiger partial charge in [0.15, 0.2) is 0 Å². The Hall–Kier alpha value is -1.95. The zero-order chi connectivity index (χ0) is 14.2. The van der Waals surface area contributed by atoms with Crippen LogP contribution < -0.4 is 16.0 Å². The number of aromatic nitrogens is 1. The van der Waals surface area contributed by atoms with Crippen molar-refractivity contribution < 1.29 is 9.59 Å². The fraction of sp³-hybridized carbons (Fsp3) is 0.500. The number of carbonyl (C=O) groups excluding carboxylic acids is 2. The van der Waals surface area contributed by atoms with E-state index >= 15 is 0 Å². The van der Waals surface area contributed by atoms with Gasteiger partial charge in [-0.3, -0.25) is 14.6 Å². The predicted octanol–water partition coefficient (Wildman–Crippen LogP) is -0.186. The average molecular weight is 276 g/mol. The molecule has 1 saturated heterocycles. The molecule has 0 radical (unpaired) electrons. The lowest BCUT2D eigenvalue weighted by atomic mass is 10.1. The lowest BCUT2D eigenvalue weighted by Gasteiger charge is -2.09. The van der Waals surface area contributed by atoms with Crippen molar-refractivity contribution in [3.8, 4) is 0 Å². The Morgan fingerprint density at radius 3 is 3.05 bits per heavy atom. The fourth-order valence-electron chi connectivity index (χ4n) is 2.10. The molecule has 3 N–H and O–H groups in total.